The zero-order valence-electron chi connectivity index (χ0n) is 11.0. The smallest absolute Gasteiger partial charge is 0.114 e. The number of hydrogen-bond donors (Lipinski definition) is 2. The standard InChI is InChI=1S/C16H23NO/c18-16-9-5-4-8-15(16)17-11-10-14(12-17)13-6-2-1-3-7-13/h1-3,6-7,14-16,18H,4-5,8-12H2/p+1/t14-,15+,16-/m0/s1. The van der Waals surface area contributed by atoms with Gasteiger partial charge in [-0.05, 0) is 18.4 Å². The van der Waals surface area contributed by atoms with Gasteiger partial charge in [-0.15, -0.1) is 0 Å². The van der Waals surface area contributed by atoms with Crippen LogP contribution in [0.4, 0.5) is 0 Å². The lowest BCUT2D eigenvalue weighted by Gasteiger charge is -2.32. The topological polar surface area (TPSA) is 24.7 Å². The highest BCUT2D eigenvalue weighted by molar-refractivity contribution is 5.19. The molecular formula is C16H24NO+. The normalized spacial score (nSPS) is 36.7. The Labute approximate surface area is 110 Å². The third kappa shape index (κ3) is 2.45. The molecule has 1 aromatic rings. The second-order valence-corrected chi connectivity index (χ2v) is 5.97. The molecule has 1 aromatic carbocycles. The molecule has 3 rings (SSSR count). The molecule has 0 spiro atoms. The lowest BCUT2D eigenvalue weighted by Crippen LogP contribution is -3.15. The molecule has 2 heteroatoms. The van der Waals surface area contributed by atoms with E-state index in [4.69, 9.17) is 0 Å². The highest BCUT2D eigenvalue weighted by Gasteiger charge is 2.37. The van der Waals surface area contributed by atoms with Crippen LogP contribution >= 0.6 is 0 Å². The Hall–Kier alpha value is -0.860. The summed E-state index contributed by atoms with van der Waals surface area (Å²) < 4.78 is 0. The third-order valence-electron chi connectivity index (χ3n) is 4.85. The van der Waals surface area contributed by atoms with Crippen LogP contribution in [0.3, 0.4) is 0 Å². The number of nitrogens with one attached hydrogen (secondary N) is 1. The minimum absolute atomic E-state index is 0.0525. The van der Waals surface area contributed by atoms with Crippen LogP contribution in [0.1, 0.15) is 43.6 Å². The second kappa shape index (κ2) is 5.41. The van der Waals surface area contributed by atoms with Gasteiger partial charge < -0.3 is 10.0 Å². The second-order valence-electron chi connectivity index (χ2n) is 5.97. The van der Waals surface area contributed by atoms with Crippen LogP contribution in [0, 0.1) is 0 Å². The molecular weight excluding hydrogens is 222 g/mol. The molecule has 98 valence electrons. The maximum atomic E-state index is 10.2. The van der Waals surface area contributed by atoms with Gasteiger partial charge in [-0.1, -0.05) is 36.8 Å². The summed E-state index contributed by atoms with van der Waals surface area (Å²) in [5, 5.41) is 10.2. The van der Waals surface area contributed by atoms with E-state index in [0.29, 0.717) is 12.0 Å². The zero-order chi connectivity index (χ0) is 12.4. The van der Waals surface area contributed by atoms with Crippen LogP contribution in [0.2, 0.25) is 0 Å². The summed E-state index contributed by atoms with van der Waals surface area (Å²) in [4.78, 5) is 1.65. The molecule has 0 bridgehead atoms. The minimum atomic E-state index is -0.0525. The van der Waals surface area contributed by atoms with E-state index in [0.717, 1.165) is 6.42 Å². The quantitative estimate of drug-likeness (QED) is 0.809. The summed E-state index contributed by atoms with van der Waals surface area (Å²) in [6, 6.07) is 11.4. The fraction of sp³-hybridized carbons (Fsp3) is 0.625. The molecule has 1 saturated heterocycles. The molecule has 1 heterocycles. The molecule has 1 saturated carbocycles. The van der Waals surface area contributed by atoms with E-state index in [2.05, 4.69) is 30.3 Å². The summed E-state index contributed by atoms with van der Waals surface area (Å²) >= 11 is 0. The fourth-order valence-corrected chi connectivity index (χ4v) is 3.81. The van der Waals surface area contributed by atoms with Crippen LogP contribution in [-0.2, 0) is 0 Å². The van der Waals surface area contributed by atoms with Gasteiger partial charge in [0.15, 0.2) is 0 Å². The van der Waals surface area contributed by atoms with Crippen molar-refractivity contribution in [3.8, 4) is 0 Å². The van der Waals surface area contributed by atoms with Gasteiger partial charge in [0.05, 0.1) is 13.1 Å². The van der Waals surface area contributed by atoms with Gasteiger partial charge in [0, 0.05) is 18.8 Å². The highest BCUT2D eigenvalue weighted by atomic mass is 16.3. The Bertz CT molecular complexity index is 378. The average Bonchev–Trinajstić information content (AvgIpc) is 2.90. The summed E-state index contributed by atoms with van der Waals surface area (Å²) in [6.07, 6.45) is 5.99. The Kier molecular flexibility index (Phi) is 3.67. The fourth-order valence-electron chi connectivity index (χ4n) is 3.81. The van der Waals surface area contributed by atoms with Crippen molar-refractivity contribution in [3.63, 3.8) is 0 Å². The third-order valence-corrected chi connectivity index (χ3v) is 4.85. The Morgan fingerprint density at radius 1 is 1.00 bits per heavy atom. The largest absolute Gasteiger partial charge is 0.387 e. The van der Waals surface area contributed by atoms with Crippen LogP contribution in [0.25, 0.3) is 0 Å². The number of hydrogen-bond acceptors (Lipinski definition) is 1. The van der Waals surface area contributed by atoms with Crippen molar-refractivity contribution in [3.05, 3.63) is 35.9 Å². The van der Waals surface area contributed by atoms with Gasteiger partial charge in [0.25, 0.3) is 0 Å². The number of aliphatic hydroxyl groups excluding tert-OH is 1. The molecule has 1 aliphatic heterocycles. The number of likely N-dealkylation sites (tertiary alicyclic amines) is 1. The SMILES string of the molecule is O[C@H]1CCCC[C@H]1[NH+]1CC[C@H](c2ccccc2)C1. The number of rotatable bonds is 2. The van der Waals surface area contributed by atoms with E-state index in [1.165, 1.54) is 44.3 Å². The minimum Gasteiger partial charge on any atom is -0.387 e. The maximum Gasteiger partial charge on any atom is 0.114 e. The Morgan fingerprint density at radius 2 is 1.78 bits per heavy atom. The summed E-state index contributed by atoms with van der Waals surface area (Å²) in [5.74, 6) is 0.704. The molecule has 18 heavy (non-hydrogen) atoms. The summed E-state index contributed by atoms with van der Waals surface area (Å²) in [7, 11) is 0. The van der Waals surface area contributed by atoms with Gasteiger partial charge in [-0.2, -0.15) is 0 Å². The van der Waals surface area contributed by atoms with E-state index in [1.54, 1.807) is 4.90 Å². The molecule has 2 nitrogen and oxygen atoms in total. The van der Waals surface area contributed by atoms with E-state index in [9.17, 15) is 5.11 Å². The van der Waals surface area contributed by atoms with Gasteiger partial charge in [0.2, 0.25) is 0 Å². The van der Waals surface area contributed by atoms with Crippen molar-refractivity contribution in [2.45, 2.75) is 50.2 Å². The Morgan fingerprint density at radius 3 is 2.56 bits per heavy atom. The van der Waals surface area contributed by atoms with Gasteiger partial charge in [-0.3, -0.25) is 0 Å². The van der Waals surface area contributed by atoms with Crippen molar-refractivity contribution < 1.29 is 10.0 Å². The maximum absolute atomic E-state index is 10.2. The van der Waals surface area contributed by atoms with Crippen LogP contribution in [0.15, 0.2) is 30.3 Å². The van der Waals surface area contributed by atoms with E-state index in [1.807, 2.05) is 0 Å². The van der Waals surface area contributed by atoms with Gasteiger partial charge in [0.1, 0.15) is 12.1 Å². The molecule has 2 aliphatic rings. The summed E-state index contributed by atoms with van der Waals surface area (Å²) in [6.45, 7) is 2.45. The lowest BCUT2D eigenvalue weighted by atomic mass is 9.91. The first-order valence-electron chi connectivity index (χ1n) is 7.42. The molecule has 0 aromatic heterocycles. The molecule has 2 N–H and O–H groups in total. The van der Waals surface area contributed by atoms with E-state index in [-0.39, 0.29) is 6.10 Å². The van der Waals surface area contributed by atoms with E-state index >= 15 is 0 Å². The van der Waals surface area contributed by atoms with Crippen molar-refractivity contribution in [2.75, 3.05) is 13.1 Å². The van der Waals surface area contributed by atoms with E-state index < -0.39 is 0 Å². The molecule has 2 fully saturated rings. The van der Waals surface area contributed by atoms with Crippen molar-refractivity contribution in [1.82, 2.24) is 0 Å². The molecule has 4 atom stereocenters. The first-order chi connectivity index (χ1) is 8.84. The van der Waals surface area contributed by atoms with Crippen LogP contribution in [0.5, 0.6) is 0 Å². The first-order valence-corrected chi connectivity index (χ1v) is 7.42. The monoisotopic (exact) mass is 246 g/mol. The molecule has 0 radical (unpaired) electrons. The number of benzene rings is 1. The zero-order valence-corrected chi connectivity index (χ0v) is 11.0. The highest BCUT2D eigenvalue weighted by Crippen LogP contribution is 2.22. The van der Waals surface area contributed by atoms with Gasteiger partial charge in [-0.25, -0.2) is 0 Å². The predicted molar refractivity (Wildman–Crippen MR) is 72.8 cm³/mol. The van der Waals surface area contributed by atoms with Crippen LogP contribution in [-0.4, -0.2) is 30.3 Å². The number of quaternary nitrogens is 1. The average molecular weight is 246 g/mol. The number of aliphatic hydroxyl groups is 1. The van der Waals surface area contributed by atoms with Crippen molar-refractivity contribution in [1.29, 1.82) is 0 Å². The molecule has 1 aliphatic carbocycles. The Balaban J connectivity index is 1.64. The molecule has 1 unspecified atom stereocenters. The molecule has 0 amide bonds. The lowest BCUT2D eigenvalue weighted by molar-refractivity contribution is -0.919. The predicted octanol–water partition coefficient (Wildman–Crippen LogP) is 1.36. The summed E-state index contributed by atoms with van der Waals surface area (Å²) in [5.41, 5.74) is 1.48. The van der Waals surface area contributed by atoms with Crippen LogP contribution < -0.4 is 4.90 Å². The van der Waals surface area contributed by atoms with Gasteiger partial charge >= 0.3 is 0 Å². The van der Waals surface area contributed by atoms with Crippen molar-refractivity contribution in [2.24, 2.45) is 0 Å². The van der Waals surface area contributed by atoms with Crippen molar-refractivity contribution >= 4 is 0 Å². The first kappa shape index (κ1) is 12.2.